The average molecular weight is 282 g/mol. The molecule has 1 aromatic carbocycles. The minimum absolute atomic E-state index is 0.285. The number of benzene rings is 1. The quantitative estimate of drug-likeness (QED) is 0.865. The van der Waals surface area contributed by atoms with Crippen molar-refractivity contribution >= 4 is 0 Å². The molecule has 0 amide bonds. The van der Waals surface area contributed by atoms with E-state index in [0.717, 1.165) is 37.6 Å². The summed E-state index contributed by atoms with van der Waals surface area (Å²) in [6.07, 6.45) is 2.28. The van der Waals surface area contributed by atoms with Crippen molar-refractivity contribution < 1.29 is 4.74 Å². The number of morpholine rings is 1. The van der Waals surface area contributed by atoms with Crippen LogP contribution in [0, 0.1) is 11.3 Å². The lowest BCUT2D eigenvalue weighted by atomic mass is 10.1. The Morgan fingerprint density at radius 1 is 1.33 bits per heavy atom. The van der Waals surface area contributed by atoms with Gasteiger partial charge in [0.15, 0.2) is 0 Å². The molecule has 1 aliphatic rings. The van der Waals surface area contributed by atoms with Crippen LogP contribution in [0.4, 0.5) is 0 Å². The average Bonchev–Trinajstić information content (AvgIpc) is 2.96. The number of nitrogens with zero attached hydrogens (tertiary/aromatic N) is 4. The molecular formula is C16H18N4O. The molecule has 2 aromatic rings. The second kappa shape index (κ2) is 6.08. The Morgan fingerprint density at radius 2 is 2.14 bits per heavy atom. The molecule has 1 saturated heterocycles. The van der Waals surface area contributed by atoms with Gasteiger partial charge in [-0.25, -0.2) is 0 Å². The van der Waals surface area contributed by atoms with Crippen LogP contribution in [-0.4, -0.2) is 40.5 Å². The van der Waals surface area contributed by atoms with E-state index in [4.69, 9.17) is 10.00 Å². The number of nitriles is 1. The van der Waals surface area contributed by atoms with Gasteiger partial charge in [-0.1, -0.05) is 12.1 Å². The van der Waals surface area contributed by atoms with Crippen molar-refractivity contribution in [1.82, 2.24) is 14.7 Å². The molecule has 2 heterocycles. The van der Waals surface area contributed by atoms with Gasteiger partial charge < -0.3 is 4.74 Å². The molecule has 5 heteroatoms. The molecule has 1 fully saturated rings. The lowest BCUT2D eigenvalue weighted by Crippen LogP contribution is -2.41. The van der Waals surface area contributed by atoms with E-state index in [1.165, 1.54) is 0 Å². The van der Waals surface area contributed by atoms with Gasteiger partial charge in [-0.15, -0.1) is 0 Å². The fourth-order valence-corrected chi connectivity index (χ4v) is 2.53. The smallest absolute Gasteiger partial charge is 0.0991 e. The third-order valence-corrected chi connectivity index (χ3v) is 3.62. The van der Waals surface area contributed by atoms with E-state index in [2.05, 4.69) is 23.0 Å². The fourth-order valence-electron chi connectivity index (χ4n) is 2.53. The highest BCUT2D eigenvalue weighted by Gasteiger charge is 2.16. The second-order valence-electron chi connectivity index (χ2n) is 5.33. The largest absolute Gasteiger partial charge is 0.376 e. The Morgan fingerprint density at radius 3 is 2.86 bits per heavy atom. The summed E-state index contributed by atoms with van der Waals surface area (Å²) < 4.78 is 7.49. The topological polar surface area (TPSA) is 54.1 Å². The van der Waals surface area contributed by atoms with Crippen LogP contribution in [0.1, 0.15) is 12.5 Å². The Labute approximate surface area is 124 Å². The summed E-state index contributed by atoms with van der Waals surface area (Å²) in [6, 6.07) is 11.6. The molecule has 0 bridgehead atoms. The Hall–Kier alpha value is -2.16. The lowest BCUT2D eigenvalue weighted by Gasteiger charge is -2.30. The third kappa shape index (κ3) is 3.30. The summed E-state index contributed by atoms with van der Waals surface area (Å²) in [4.78, 5) is 2.34. The van der Waals surface area contributed by atoms with Crippen molar-refractivity contribution in [1.29, 1.82) is 5.26 Å². The van der Waals surface area contributed by atoms with Crippen molar-refractivity contribution in [3.63, 3.8) is 0 Å². The maximum atomic E-state index is 8.82. The highest BCUT2D eigenvalue weighted by Crippen LogP contribution is 2.17. The van der Waals surface area contributed by atoms with Crippen LogP contribution in [0.25, 0.3) is 11.3 Å². The number of hydrogen-bond acceptors (Lipinski definition) is 4. The molecule has 0 unspecified atom stereocenters. The minimum Gasteiger partial charge on any atom is -0.376 e. The van der Waals surface area contributed by atoms with Gasteiger partial charge in [0.2, 0.25) is 0 Å². The number of hydrogen-bond donors (Lipinski definition) is 0. The van der Waals surface area contributed by atoms with Gasteiger partial charge in [0.05, 0.1) is 36.7 Å². The molecule has 1 atom stereocenters. The van der Waals surface area contributed by atoms with Crippen LogP contribution in [0.2, 0.25) is 0 Å². The highest BCUT2D eigenvalue weighted by atomic mass is 16.5. The SMILES string of the molecule is C[C@H]1CN(Cn2ccc(-c3ccc(C#N)cc3)n2)CCO1. The Bertz CT molecular complexity index is 641. The maximum absolute atomic E-state index is 8.82. The van der Waals surface area contributed by atoms with E-state index < -0.39 is 0 Å². The van der Waals surface area contributed by atoms with Gasteiger partial charge in [0, 0.05) is 24.8 Å². The molecule has 0 aliphatic carbocycles. The summed E-state index contributed by atoms with van der Waals surface area (Å²) in [5.74, 6) is 0. The highest BCUT2D eigenvalue weighted by molar-refractivity contribution is 5.59. The molecule has 21 heavy (non-hydrogen) atoms. The summed E-state index contributed by atoms with van der Waals surface area (Å²) in [5, 5.41) is 13.4. The number of rotatable bonds is 3. The first kappa shape index (κ1) is 13.8. The molecule has 3 rings (SSSR count). The summed E-state index contributed by atoms with van der Waals surface area (Å²) >= 11 is 0. The van der Waals surface area contributed by atoms with Crippen LogP contribution < -0.4 is 0 Å². The molecule has 5 nitrogen and oxygen atoms in total. The first-order valence-electron chi connectivity index (χ1n) is 7.12. The maximum Gasteiger partial charge on any atom is 0.0991 e. The normalized spacial score (nSPS) is 19.3. The minimum atomic E-state index is 0.285. The van der Waals surface area contributed by atoms with Crippen LogP contribution in [0.3, 0.4) is 0 Å². The molecule has 0 saturated carbocycles. The van der Waals surface area contributed by atoms with Crippen LogP contribution in [0.5, 0.6) is 0 Å². The summed E-state index contributed by atoms with van der Waals surface area (Å²) in [6.45, 7) is 5.54. The molecule has 108 valence electrons. The van der Waals surface area contributed by atoms with E-state index >= 15 is 0 Å². The monoisotopic (exact) mass is 282 g/mol. The van der Waals surface area contributed by atoms with Crippen molar-refractivity contribution in [2.45, 2.75) is 19.7 Å². The van der Waals surface area contributed by atoms with Gasteiger partial charge in [0.25, 0.3) is 0 Å². The van der Waals surface area contributed by atoms with Crippen molar-refractivity contribution in [3.05, 3.63) is 42.1 Å². The molecular weight excluding hydrogens is 264 g/mol. The summed E-state index contributed by atoms with van der Waals surface area (Å²) in [7, 11) is 0. The Kier molecular flexibility index (Phi) is 4.00. The van der Waals surface area contributed by atoms with E-state index in [0.29, 0.717) is 5.56 Å². The van der Waals surface area contributed by atoms with Gasteiger partial charge in [0.1, 0.15) is 0 Å². The molecule has 0 N–H and O–H groups in total. The zero-order valence-corrected chi connectivity index (χ0v) is 12.1. The van der Waals surface area contributed by atoms with E-state index in [9.17, 15) is 0 Å². The van der Waals surface area contributed by atoms with Crippen molar-refractivity contribution in [3.8, 4) is 17.3 Å². The lowest BCUT2D eigenvalue weighted by molar-refractivity contribution is -0.0304. The predicted molar refractivity (Wildman–Crippen MR) is 79.4 cm³/mol. The molecule has 1 aromatic heterocycles. The van der Waals surface area contributed by atoms with Crippen LogP contribution in [0.15, 0.2) is 36.5 Å². The van der Waals surface area contributed by atoms with Gasteiger partial charge in [-0.2, -0.15) is 10.4 Å². The summed E-state index contributed by atoms with van der Waals surface area (Å²) in [5.41, 5.74) is 2.63. The second-order valence-corrected chi connectivity index (χ2v) is 5.33. The van der Waals surface area contributed by atoms with E-state index in [1.54, 1.807) is 0 Å². The van der Waals surface area contributed by atoms with Gasteiger partial charge >= 0.3 is 0 Å². The van der Waals surface area contributed by atoms with E-state index in [1.807, 2.05) is 41.2 Å². The fraction of sp³-hybridized carbons (Fsp3) is 0.375. The molecule has 0 radical (unpaired) electrons. The van der Waals surface area contributed by atoms with Crippen molar-refractivity contribution in [2.24, 2.45) is 0 Å². The number of ether oxygens (including phenoxy) is 1. The van der Waals surface area contributed by atoms with Crippen LogP contribution >= 0.6 is 0 Å². The third-order valence-electron chi connectivity index (χ3n) is 3.62. The zero-order valence-electron chi connectivity index (χ0n) is 12.1. The molecule has 1 aliphatic heterocycles. The van der Waals surface area contributed by atoms with Gasteiger partial charge in [-0.3, -0.25) is 9.58 Å². The standard InChI is InChI=1S/C16H18N4O/c1-13-11-19(8-9-21-13)12-20-7-6-16(18-20)15-4-2-14(10-17)3-5-15/h2-7,13H,8-9,11-12H2,1H3/t13-/m0/s1. The van der Waals surface area contributed by atoms with Crippen LogP contribution in [-0.2, 0) is 11.4 Å². The van der Waals surface area contributed by atoms with Gasteiger partial charge in [-0.05, 0) is 25.1 Å². The zero-order chi connectivity index (χ0) is 14.7. The molecule has 0 spiro atoms. The Balaban J connectivity index is 1.69. The van der Waals surface area contributed by atoms with Crippen molar-refractivity contribution in [2.75, 3.05) is 19.7 Å². The van der Waals surface area contributed by atoms with E-state index in [-0.39, 0.29) is 6.10 Å². The predicted octanol–water partition coefficient (Wildman–Crippen LogP) is 2.10. The number of aromatic nitrogens is 2. The first-order valence-corrected chi connectivity index (χ1v) is 7.12. The first-order chi connectivity index (χ1) is 10.2.